The van der Waals surface area contributed by atoms with Gasteiger partial charge in [0.1, 0.15) is 0 Å². The van der Waals surface area contributed by atoms with Crippen LogP contribution in [0.3, 0.4) is 0 Å². The van der Waals surface area contributed by atoms with Crippen molar-refractivity contribution >= 4 is 5.84 Å². The number of nitrogens with zero attached hydrogens (tertiary/aromatic N) is 2. The lowest BCUT2D eigenvalue weighted by Crippen LogP contribution is -2.42. The summed E-state index contributed by atoms with van der Waals surface area (Å²) in [5.74, 6) is 0.254. The van der Waals surface area contributed by atoms with Gasteiger partial charge in [-0.15, -0.1) is 0 Å². The number of nitrogens with two attached hydrogens (primary N) is 1. The average Bonchev–Trinajstić information content (AvgIpc) is 3.02. The van der Waals surface area contributed by atoms with Gasteiger partial charge in [0.2, 0.25) is 0 Å². The minimum Gasteiger partial charge on any atom is -0.409 e. The third-order valence-electron chi connectivity index (χ3n) is 3.66. The van der Waals surface area contributed by atoms with E-state index in [4.69, 9.17) is 25.2 Å². The third-order valence-corrected chi connectivity index (χ3v) is 3.66. The van der Waals surface area contributed by atoms with E-state index in [9.17, 15) is 0 Å². The first-order chi connectivity index (χ1) is 10.3. The number of rotatable bonds is 12. The molecule has 1 fully saturated rings. The molecule has 0 unspecified atom stereocenters. The zero-order valence-electron chi connectivity index (χ0n) is 13.0. The molecule has 3 N–H and O–H groups in total. The van der Waals surface area contributed by atoms with Crippen molar-refractivity contribution in [2.24, 2.45) is 10.9 Å². The van der Waals surface area contributed by atoms with Crippen molar-refractivity contribution in [1.82, 2.24) is 4.90 Å². The van der Waals surface area contributed by atoms with E-state index >= 15 is 0 Å². The summed E-state index contributed by atoms with van der Waals surface area (Å²) in [6.07, 6.45) is 4.87. The molecule has 0 aromatic heterocycles. The molecule has 0 aliphatic heterocycles. The number of amidine groups is 1. The summed E-state index contributed by atoms with van der Waals surface area (Å²) < 4.78 is 15.8. The minimum absolute atomic E-state index is 0.254. The molecule has 0 amide bonds. The monoisotopic (exact) mass is 303 g/mol. The van der Waals surface area contributed by atoms with Crippen molar-refractivity contribution in [2.75, 3.05) is 53.2 Å². The largest absolute Gasteiger partial charge is 0.409 e. The Hall–Kier alpha value is -0.890. The minimum atomic E-state index is 0.254. The lowest BCUT2D eigenvalue weighted by atomic mass is 10.2. The van der Waals surface area contributed by atoms with Crippen molar-refractivity contribution in [3.8, 4) is 0 Å². The van der Waals surface area contributed by atoms with Gasteiger partial charge in [0.15, 0.2) is 5.84 Å². The second-order valence-corrected chi connectivity index (χ2v) is 5.22. The van der Waals surface area contributed by atoms with Crippen LogP contribution in [0.4, 0.5) is 0 Å². The normalized spacial score (nSPS) is 17.0. The Morgan fingerprint density at radius 1 is 1.14 bits per heavy atom. The van der Waals surface area contributed by atoms with E-state index in [1.807, 2.05) is 0 Å². The fourth-order valence-electron chi connectivity index (χ4n) is 2.55. The van der Waals surface area contributed by atoms with Crippen LogP contribution in [0, 0.1) is 0 Å². The summed E-state index contributed by atoms with van der Waals surface area (Å²) in [6.45, 7) is 4.27. The summed E-state index contributed by atoms with van der Waals surface area (Å²) in [5, 5.41) is 11.8. The van der Waals surface area contributed by atoms with Gasteiger partial charge < -0.3 is 25.2 Å². The van der Waals surface area contributed by atoms with Gasteiger partial charge in [-0.3, -0.25) is 4.90 Å². The Morgan fingerprint density at radius 3 is 2.38 bits per heavy atom. The van der Waals surface area contributed by atoms with Crippen molar-refractivity contribution in [3.63, 3.8) is 0 Å². The second kappa shape index (κ2) is 11.7. The highest BCUT2D eigenvalue weighted by atomic mass is 16.5. The Kier molecular flexibility index (Phi) is 10.1. The molecule has 124 valence electrons. The van der Waals surface area contributed by atoms with E-state index in [2.05, 4.69) is 10.1 Å². The molecule has 0 heterocycles. The van der Waals surface area contributed by atoms with Crippen LogP contribution in [0.25, 0.3) is 0 Å². The maximum atomic E-state index is 8.72. The molecule has 1 saturated carbocycles. The molecule has 0 spiro atoms. The topological polar surface area (TPSA) is 89.5 Å². The zero-order valence-corrected chi connectivity index (χ0v) is 13.0. The highest BCUT2D eigenvalue weighted by molar-refractivity contribution is 5.81. The third kappa shape index (κ3) is 8.21. The SMILES string of the molecule is COCCOCCOCCN(CC(N)=NO)C1CCCC1. The first-order valence-electron chi connectivity index (χ1n) is 7.62. The van der Waals surface area contributed by atoms with Crippen molar-refractivity contribution in [1.29, 1.82) is 0 Å². The first-order valence-corrected chi connectivity index (χ1v) is 7.62. The van der Waals surface area contributed by atoms with Gasteiger partial charge in [-0.25, -0.2) is 0 Å². The molecule has 7 heteroatoms. The van der Waals surface area contributed by atoms with Crippen LogP contribution in [0.2, 0.25) is 0 Å². The Balaban J connectivity index is 2.14. The number of hydrogen-bond donors (Lipinski definition) is 2. The van der Waals surface area contributed by atoms with Crippen LogP contribution in [0.5, 0.6) is 0 Å². The molecule has 1 aliphatic carbocycles. The van der Waals surface area contributed by atoms with Gasteiger partial charge in [-0.05, 0) is 12.8 Å². The molecule has 7 nitrogen and oxygen atoms in total. The van der Waals surface area contributed by atoms with Crippen LogP contribution < -0.4 is 5.73 Å². The van der Waals surface area contributed by atoms with E-state index in [-0.39, 0.29) is 5.84 Å². The quantitative estimate of drug-likeness (QED) is 0.181. The van der Waals surface area contributed by atoms with Crippen molar-refractivity contribution < 1.29 is 19.4 Å². The van der Waals surface area contributed by atoms with E-state index < -0.39 is 0 Å². The fraction of sp³-hybridized carbons (Fsp3) is 0.929. The molecule has 1 aliphatic rings. The molecule has 1 rings (SSSR count). The lowest BCUT2D eigenvalue weighted by molar-refractivity contribution is 0.0179. The van der Waals surface area contributed by atoms with E-state index in [1.54, 1.807) is 7.11 Å². The van der Waals surface area contributed by atoms with Crippen LogP contribution in [-0.2, 0) is 14.2 Å². The predicted octanol–water partition coefficient (Wildman–Crippen LogP) is 0.657. The van der Waals surface area contributed by atoms with Crippen molar-refractivity contribution in [2.45, 2.75) is 31.7 Å². The van der Waals surface area contributed by atoms with Crippen LogP contribution in [-0.4, -0.2) is 75.2 Å². The number of oxime groups is 1. The second-order valence-electron chi connectivity index (χ2n) is 5.22. The molecule has 0 aromatic carbocycles. The predicted molar refractivity (Wildman–Crippen MR) is 80.8 cm³/mol. The fourth-order valence-corrected chi connectivity index (χ4v) is 2.55. The molecule has 0 bridgehead atoms. The number of methoxy groups -OCH3 is 1. The van der Waals surface area contributed by atoms with Gasteiger partial charge in [0.25, 0.3) is 0 Å². The average molecular weight is 303 g/mol. The van der Waals surface area contributed by atoms with Gasteiger partial charge in [-0.2, -0.15) is 0 Å². The summed E-state index contributed by atoms with van der Waals surface area (Å²) in [5.41, 5.74) is 5.63. The van der Waals surface area contributed by atoms with Gasteiger partial charge in [-0.1, -0.05) is 18.0 Å². The standard InChI is InChI=1S/C14H29N3O4/c1-19-8-9-21-11-10-20-7-6-17(12-14(15)16-18)13-4-2-3-5-13/h13,18H,2-12H2,1H3,(H2,15,16). The van der Waals surface area contributed by atoms with Crippen LogP contribution in [0.1, 0.15) is 25.7 Å². The van der Waals surface area contributed by atoms with Gasteiger partial charge in [0.05, 0.1) is 39.6 Å². The van der Waals surface area contributed by atoms with E-state index in [0.717, 1.165) is 6.54 Å². The molecule has 21 heavy (non-hydrogen) atoms. The summed E-state index contributed by atoms with van der Waals surface area (Å²) in [6, 6.07) is 0.520. The molecule has 0 aromatic rings. The maximum Gasteiger partial charge on any atom is 0.153 e. The van der Waals surface area contributed by atoms with Gasteiger partial charge >= 0.3 is 0 Å². The van der Waals surface area contributed by atoms with Crippen molar-refractivity contribution in [3.05, 3.63) is 0 Å². The number of hydrogen-bond acceptors (Lipinski definition) is 6. The highest BCUT2D eigenvalue weighted by Crippen LogP contribution is 2.23. The van der Waals surface area contributed by atoms with Crippen LogP contribution in [0.15, 0.2) is 5.16 Å². The summed E-state index contributed by atoms with van der Waals surface area (Å²) >= 11 is 0. The number of ether oxygens (including phenoxy) is 3. The lowest BCUT2D eigenvalue weighted by Gasteiger charge is -2.28. The Bertz CT molecular complexity index is 283. The molecular formula is C14H29N3O4. The smallest absolute Gasteiger partial charge is 0.153 e. The molecular weight excluding hydrogens is 274 g/mol. The summed E-state index contributed by atoms with van der Waals surface area (Å²) in [7, 11) is 1.65. The first kappa shape index (κ1) is 18.2. The van der Waals surface area contributed by atoms with E-state index in [0.29, 0.717) is 45.6 Å². The zero-order chi connectivity index (χ0) is 15.3. The molecule has 0 atom stereocenters. The highest BCUT2D eigenvalue weighted by Gasteiger charge is 2.22. The Labute approximate surface area is 127 Å². The summed E-state index contributed by atoms with van der Waals surface area (Å²) in [4.78, 5) is 2.24. The maximum absolute atomic E-state index is 8.72. The van der Waals surface area contributed by atoms with E-state index in [1.165, 1.54) is 25.7 Å². The molecule has 0 saturated heterocycles. The molecule has 0 radical (unpaired) electrons. The van der Waals surface area contributed by atoms with Crippen LogP contribution >= 0.6 is 0 Å². The van der Waals surface area contributed by atoms with Gasteiger partial charge in [0, 0.05) is 19.7 Å². The Morgan fingerprint density at radius 2 is 1.76 bits per heavy atom.